The van der Waals surface area contributed by atoms with Crippen molar-refractivity contribution < 1.29 is 4.79 Å². The zero-order chi connectivity index (χ0) is 12.8. The van der Waals surface area contributed by atoms with E-state index in [1.54, 1.807) is 0 Å². The van der Waals surface area contributed by atoms with Crippen LogP contribution in [0.1, 0.15) is 34.6 Å². The van der Waals surface area contributed by atoms with Crippen LogP contribution in [-0.4, -0.2) is 47.9 Å². The summed E-state index contributed by atoms with van der Waals surface area (Å²) in [6.45, 7) is 15.1. The van der Waals surface area contributed by atoms with E-state index in [9.17, 15) is 4.79 Å². The summed E-state index contributed by atoms with van der Waals surface area (Å²) >= 11 is 0. The summed E-state index contributed by atoms with van der Waals surface area (Å²) in [6, 6.07) is 0.636. The topological polar surface area (TPSA) is 23.6 Å². The Morgan fingerprint density at radius 3 is 2.41 bits per heavy atom. The third-order valence-corrected chi connectivity index (χ3v) is 3.83. The molecule has 2 heterocycles. The molecule has 0 aromatic heterocycles. The van der Waals surface area contributed by atoms with Crippen LogP contribution in [0.3, 0.4) is 0 Å². The van der Waals surface area contributed by atoms with Gasteiger partial charge in [-0.25, -0.2) is 0 Å². The lowest BCUT2D eigenvalue weighted by Crippen LogP contribution is -2.57. The Hall–Kier alpha value is -0.570. The molecule has 0 N–H and O–H groups in total. The van der Waals surface area contributed by atoms with E-state index >= 15 is 0 Å². The lowest BCUT2D eigenvalue weighted by atomic mass is 9.87. The normalized spacial score (nSPS) is 29.4. The molecule has 2 fully saturated rings. The predicted molar refractivity (Wildman–Crippen MR) is 69.7 cm³/mol. The highest BCUT2D eigenvalue weighted by molar-refractivity contribution is 5.78. The van der Waals surface area contributed by atoms with Crippen molar-refractivity contribution in [3.63, 3.8) is 0 Å². The number of carbonyl (C=O) groups excluding carboxylic acids is 1. The number of carbonyl (C=O) groups is 1. The fraction of sp³-hybridized carbons (Fsp3) is 0.929. The largest absolute Gasteiger partial charge is 0.341 e. The fourth-order valence-electron chi connectivity index (χ4n) is 3.08. The van der Waals surface area contributed by atoms with Crippen molar-refractivity contribution in [2.45, 2.75) is 40.7 Å². The van der Waals surface area contributed by atoms with Gasteiger partial charge in [0.15, 0.2) is 0 Å². The Labute approximate surface area is 105 Å². The molecule has 98 valence electrons. The Morgan fingerprint density at radius 2 is 1.88 bits per heavy atom. The molecule has 2 atom stereocenters. The first-order chi connectivity index (χ1) is 7.78. The minimum Gasteiger partial charge on any atom is -0.341 e. The molecule has 2 aliphatic heterocycles. The van der Waals surface area contributed by atoms with Crippen LogP contribution in [0.4, 0.5) is 0 Å². The molecule has 0 aliphatic carbocycles. The summed E-state index contributed by atoms with van der Waals surface area (Å²) in [4.78, 5) is 16.6. The maximum atomic E-state index is 12.0. The van der Waals surface area contributed by atoms with Crippen molar-refractivity contribution in [1.82, 2.24) is 9.80 Å². The van der Waals surface area contributed by atoms with Crippen molar-refractivity contribution in [2.75, 3.05) is 26.2 Å². The average Bonchev–Trinajstić information content (AvgIpc) is 2.50. The van der Waals surface area contributed by atoms with Gasteiger partial charge in [0.25, 0.3) is 0 Å². The summed E-state index contributed by atoms with van der Waals surface area (Å²) in [7, 11) is 0. The maximum Gasteiger partial charge on any atom is 0.225 e. The van der Waals surface area contributed by atoms with E-state index in [0.717, 1.165) is 25.6 Å². The summed E-state index contributed by atoms with van der Waals surface area (Å²) in [6.07, 6.45) is 0. The highest BCUT2D eigenvalue weighted by atomic mass is 16.2. The SMILES string of the molecule is CC(C)C(=O)N1CC2CN(CC(C)(C)C)C2C1. The van der Waals surface area contributed by atoms with Gasteiger partial charge in [-0.15, -0.1) is 0 Å². The van der Waals surface area contributed by atoms with Crippen molar-refractivity contribution in [1.29, 1.82) is 0 Å². The molecule has 2 aliphatic rings. The van der Waals surface area contributed by atoms with E-state index in [1.165, 1.54) is 6.54 Å². The van der Waals surface area contributed by atoms with Gasteiger partial charge >= 0.3 is 0 Å². The Morgan fingerprint density at radius 1 is 1.24 bits per heavy atom. The van der Waals surface area contributed by atoms with Gasteiger partial charge in [-0.1, -0.05) is 34.6 Å². The summed E-state index contributed by atoms with van der Waals surface area (Å²) in [5.74, 6) is 1.21. The average molecular weight is 238 g/mol. The molecule has 3 heteroatoms. The van der Waals surface area contributed by atoms with Crippen LogP contribution in [0.2, 0.25) is 0 Å². The second kappa shape index (κ2) is 4.27. The molecule has 3 nitrogen and oxygen atoms in total. The summed E-state index contributed by atoms with van der Waals surface area (Å²) < 4.78 is 0. The molecule has 0 saturated carbocycles. The first kappa shape index (κ1) is 12.9. The number of amides is 1. The molecule has 0 bridgehead atoms. The van der Waals surface area contributed by atoms with Crippen molar-refractivity contribution in [3.05, 3.63) is 0 Å². The Bertz CT molecular complexity index is 306. The Kier molecular flexibility index (Phi) is 3.23. The van der Waals surface area contributed by atoms with Gasteiger partial charge in [0.05, 0.1) is 0 Å². The van der Waals surface area contributed by atoms with Crippen LogP contribution < -0.4 is 0 Å². The van der Waals surface area contributed by atoms with E-state index in [4.69, 9.17) is 0 Å². The monoisotopic (exact) mass is 238 g/mol. The predicted octanol–water partition coefficient (Wildman–Crippen LogP) is 1.83. The lowest BCUT2D eigenvalue weighted by molar-refractivity contribution is -0.133. The van der Waals surface area contributed by atoms with Crippen LogP contribution in [0.25, 0.3) is 0 Å². The van der Waals surface area contributed by atoms with Crippen LogP contribution >= 0.6 is 0 Å². The second-order valence-corrected chi connectivity index (χ2v) is 7.22. The smallest absolute Gasteiger partial charge is 0.225 e. The molecule has 17 heavy (non-hydrogen) atoms. The third-order valence-electron chi connectivity index (χ3n) is 3.83. The van der Waals surface area contributed by atoms with Gasteiger partial charge in [-0.2, -0.15) is 0 Å². The van der Waals surface area contributed by atoms with E-state index in [1.807, 2.05) is 13.8 Å². The van der Waals surface area contributed by atoms with Crippen molar-refractivity contribution >= 4 is 5.91 Å². The highest BCUT2D eigenvalue weighted by Gasteiger charge is 2.47. The summed E-state index contributed by atoms with van der Waals surface area (Å²) in [5.41, 5.74) is 0.362. The standard InChI is InChI=1S/C14H26N2O/c1-10(2)13(17)15-6-11-7-16(12(11)8-15)9-14(3,4)5/h10-12H,6-9H2,1-5H3. The molecule has 0 spiro atoms. The van der Waals surface area contributed by atoms with Crippen molar-refractivity contribution in [2.24, 2.45) is 17.3 Å². The highest BCUT2D eigenvalue weighted by Crippen LogP contribution is 2.35. The van der Waals surface area contributed by atoms with Crippen LogP contribution in [0, 0.1) is 17.3 Å². The van der Waals surface area contributed by atoms with Gasteiger partial charge in [0, 0.05) is 44.1 Å². The molecule has 2 rings (SSSR count). The molecular formula is C14H26N2O. The van der Waals surface area contributed by atoms with Gasteiger partial charge < -0.3 is 4.90 Å². The lowest BCUT2D eigenvalue weighted by Gasteiger charge is -2.46. The van der Waals surface area contributed by atoms with Gasteiger partial charge in [-0.05, 0) is 5.41 Å². The number of fused-ring (bicyclic) bond motifs is 1. The minimum atomic E-state index is 0.142. The molecule has 2 saturated heterocycles. The number of nitrogens with zero attached hydrogens (tertiary/aromatic N) is 2. The van der Waals surface area contributed by atoms with Gasteiger partial charge in [0.1, 0.15) is 0 Å². The number of hydrogen-bond acceptors (Lipinski definition) is 2. The number of hydrogen-bond donors (Lipinski definition) is 0. The zero-order valence-electron chi connectivity index (χ0n) is 11.9. The van der Waals surface area contributed by atoms with E-state index in [0.29, 0.717) is 17.4 Å². The maximum absolute atomic E-state index is 12.0. The molecule has 0 aromatic carbocycles. The molecular weight excluding hydrogens is 212 g/mol. The first-order valence-corrected chi connectivity index (χ1v) is 6.81. The number of rotatable bonds is 2. The molecule has 2 unspecified atom stereocenters. The van der Waals surface area contributed by atoms with E-state index in [-0.39, 0.29) is 5.92 Å². The van der Waals surface area contributed by atoms with E-state index < -0.39 is 0 Å². The quantitative estimate of drug-likeness (QED) is 0.733. The first-order valence-electron chi connectivity index (χ1n) is 6.81. The van der Waals surface area contributed by atoms with Crippen LogP contribution in [-0.2, 0) is 4.79 Å². The zero-order valence-corrected chi connectivity index (χ0v) is 11.9. The minimum absolute atomic E-state index is 0.142. The fourth-order valence-corrected chi connectivity index (χ4v) is 3.08. The summed E-state index contributed by atoms with van der Waals surface area (Å²) in [5, 5.41) is 0. The molecule has 1 amide bonds. The van der Waals surface area contributed by atoms with Crippen LogP contribution in [0.5, 0.6) is 0 Å². The third kappa shape index (κ3) is 2.65. The van der Waals surface area contributed by atoms with Gasteiger partial charge in [0.2, 0.25) is 5.91 Å². The number of likely N-dealkylation sites (tertiary alicyclic amines) is 2. The van der Waals surface area contributed by atoms with Crippen LogP contribution in [0.15, 0.2) is 0 Å². The van der Waals surface area contributed by atoms with E-state index in [2.05, 4.69) is 30.6 Å². The molecule has 0 aromatic rings. The Balaban J connectivity index is 1.89. The molecule has 0 radical (unpaired) electrons. The second-order valence-electron chi connectivity index (χ2n) is 7.22. The van der Waals surface area contributed by atoms with Crippen molar-refractivity contribution in [3.8, 4) is 0 Å². The van der Waals surface area contributed by atoms with Gasteiger partial charge in [-0.3, -0.25) is 9.69 Å².